The fourth-order valence-corrected chi connectivity index (χ4v) is 2.24. The third kappa shape index (κ3) is 5.33. The molecule has 1 aromatic carbocycles. The van der Waals surface area contributed by atoms with Crippen molar-refractivity contribution >= 4 is 15.9 Å². The zero-order valence-corrected chi connectivity index (χ0v) is 13.0. The number of nitrogens with two attached hydrogens (primary N) is 1. The largest absolute Gasteiger partial charge is 0.496 e. The zero-order valence-electron chi connectivity index (χ0n) is 12.2. The minimum Gasteiger partial charge on any atom is -0.496 e. The summed E-state index contributed by atoms with van der Waals surface area (Å²) in [6.45, 7) is 3.99. The standard InChI is InChI=1S/C13H21N3O4S/c1-3-6-15-7-8-16-13(17)11-9-10(21(14,18)19)4-5-12(11)20-2/h4-5,9,15H,3,6-8H2,1-2H3,(H,16,17)(H2,14,18,19). The predicted octanol–water partition coefficient (Wildman–Crippen LogP) is 0.0720. The molecule has 0 bridgehead atoms. The molecule has 21 heavy (non-hydrogen) atoms. The van der Waals surface area contributed by atoms with Crippen LogP contribution in [0.5, 0.6) is 5.75 Å². The van der Waals surface area contributed by atoms with E-state index in [1.54, 1.807) is 0 Å². The second kappa shape index (κ2) is 7.96. The van der Waals surface area contributed by atoms with Crippen LogP contribution in [0.4, 0.5) is 0 Å². The Morgan fingerprint density at radius 3 is 2.57 bits per heavy atom. The summed E-state index contributed by atoms with van der Waals surface area (Å²) in [4.78, 5) is 12.0. The number of carbonyl (C=O) groups is 1. The highest BCUT2D eigenvalue weighted by atomic mass is 32.2. The van der Waals surface area contributed by atoms with E-state index in [9.17, 15) is 13.2 Å². The number of carbonyl (C=O) groups excluding carboxylic acids is 1. The topological polar surface area (TPSA) is 111 Å². The van der Waals surface area contributed by atoms with Gasteiger partial charge in [-0.3, -0.25) is 4.79 Å². The maximum absolute atomic E-state index is 12.1. The molecule has 0 heterocycles. The Morgan fingerprint density at radius 2 is 2.00 bits per heavy atom. The van der Waals surface area contributed by atoms with Gasteiger partial charge in [0.1, 0.15) is 5.75 Å². The first-order chi connectivity index (χ1) is 9.90. The van der Waals surface area contributed by atoms with Crippen molar-refractivity contribution in [2.45, 2.75) is 18.2 Å². The summed E-state index contributed by atoms with van der Waals surface area (Å²) in [7, 11) is -2.46. The number of sulfonamides is 1. The number of primary sulfonamides is 1. The minimum atomic E-state index is -3.86. The van der Waals surface area contributed by atoms with Gasteiger partial charge in [-0.2, -0.15) is 0 Å². The van der Waals surface area contributed by atoms with Crippen molar-refractivity contribution < 1.29 is 17.9 Å². The smallest absolute Gasteiger partial charge is 0.255 e. The molecule has 0 saturated heterocycles. The molecule has 0 aromatic heterocycles. The summed E-state index contributed by atoms with van der Waals surface area (Å²) in [5.41, 5.74) is 0.138. The number of ether oxygens (including phenoxy) is 1. The number of hydrogen-bond acceptors (Lipinski definition) is 5. The lowest BCUT2D eigenvalue weighted by Crippen LogP contribution is -2.32. The third-order valence-corrected chi connectivity index (χ3v) is 3.67. The van der Waals surface area contributed by atoms with Crippen molar-refractivity contribution in [1.82, 2.24) is 10.6 Å². The average Bonchev–Trinajstić information content (AvgIpc) is 2.45. The Hall–Kier alpha value is -1.64. The Balaban J connectivity index is 2.82. The Morgan fingerprint density at radius 1 is 1.29 bits per heavy atom. The van der Waals surface area contributed by atoms with Crippen LogP contribution in [0.15, 0.2) is 23.1 Å². The summed E-state index contributed by atoms with van der Waals surface area (Å²) in [5.74, 6) is -0.114. The van der Waals surface area contributed by atoms with Gasteiger partial charge in [-0.05, 0) is 31.2 Å². The summed E-state index contributed by atoms with van der Waals surface area (Å²) in [6.07, 6.45) is 1.01. The van der Waals surface area contributed by atoms with E-state index >= 15 is 0 Å². The van der Waals surface area contributed by atoms with Gasteiger partial charge in [0, 0.05) is 13.1 Å². The van der Waals surface area contributed by atoms with Crippen molar-refractivity contribution in [3.8, 4) is 5.75 Å². The monoisotopic (exact) mass is 315 g/mol. The van der Waals surface area contributed by atoms with Gasteiger partial charge in [0.05, 0.1) is 17.6 Å². The minimum absolute atomic E-state index is 0.127. The summed E-state index contributed by atoms with van der Waals surface area (Å²) in [5, 5.41) is 10.9. The van der Waals surface area contributed by atoms with Crippen LogP contribution in [-0.4, -0.2) is 41.1 Å². The molecule has 0 unspecified atom stereocenters. The van der Waals surface area contributed by atoms with Crippen molar-refractivity contribution in [2.24, 2.45) is 5.14 Å². The maximum Gasteiger partial charge on any atom is 0.255 e. The van der Waals surface area contributed by atoms with E-state index in [-0.39, 0.29) is 10.5 Å². The number of benzene rings is 1. The van der Waals surface area contributed by atoms with Crippen molar-refractivity contribution in [2.75, 3.05) is 26.7 Å². The van der Waals surface area contributed by atoms with Crippen LogP contribution in [0.2, 0.25) is 0 Å². The molecule has 4 N–H and O–H groups in total. The second-order valence-electron chi connectivity index (χ2n) is 4.41. The van der Waals surface area contributed by atoms with Crippen molar-refractivity contribution in [1.29, 1.82) is 0 Å². The first-order valence-corrected chi connectivity index (χ1v) is 8.14. The molecule has 0 radical (unpaired) electrons. The lowest BCUT2D eigenvalue weighted by atomic mass is 10.2. The number of amides is 1. The molecule has 0 fully saturated rings. The van der Waals surface area contributed by atoms with Gasteiger partial charge in [-0.25, -0.2) is 13.6 Å². The van der Waals surface area contributed by atoms with Crippen LogP contribution in [0.1, 0.15) is 23.7 Å². The molecule has 7 nitrogen and oxygen atoms in total. The summed E-state index contributed by atoms with van der Waals surface area (Å²) >= 11 is 0. The molecule has 0 aliphatic rings. The van der Waals surface area contributed by atoms with Crippen LogP contribution >= 0.6 is 0 Å². The Labute approximate surface area is 124 Å². The quantitative estimate of drug-likeness (QED) is 0.588. The van der Waals surface area contributed by atoms with Gasteiger partial charge < -0.3 is 15.4 Å². The SMILES string of the molecule is CCCNCCNC(=O)c1cc(S(N)(=O)=O)ccc1OC. The van der Waals surface area contributed by atoms with E-state index in [0.717, 1.165) is 13.0 Å². The molecule has 1 aromatic rings. The average molecular weight is 315 g/mol. The first-order valence-electron chi connectivity index (χ1n) is 6.60. The van der Waals surface area contributed by atoms with E-state index < -0.39 is 15.9 Å². The molecule has 0 aliphatic carbocycles. The van der Waals surface area contributed by atoms with Crippen molar-refractivity contribution in [3.63, 3.8) is 0 Å². The molecule has 8 heteroatoms. The van der Waals surface area contributed by atoms with Gasteiger partial charge in [0.25, 0.3) is 5.91 Å². The number of methoxy groups -OCH3 is 1. The Bertz CT molecular complexity index is 587. The van der Waals surface area contributed by atoms with Crippen LogP contribution in [0, 0.1) is 0 Å². The van der Waals surface area contributed by atoms with Crippen LogP contribution < -0.4 is 20.5 Å². The molecule has 118 valence electrons. The van der Waals surface area contributed by atoms with Crippen LogP contribution in [0.3, 0.4) is 0 Å². The number of nitrogens with one attached hydrogen (secondary N) is 2. The number of hydrogen-bond donors (Lipinski definition) is 3. The fraction of sp³-hybridized carbons (Fsp3) is 0.462. The van der Waals surface area contributed by atoms with Gasteiger partial charge in [-0.1, -0.05) is 6.92 Å². The molecular formula is C13H21N3O4S. The first kappa shape index (κ1) is 17.4. The predicted molar refractivity (Wildman–Crippen MR) is 79.9 cm³/mol. The summed E-state index contributed by atoms with van der Waals surface area (Å²) in [6, 6.07) is 3.92. The molecule has 0 saturated carbocycles. The third-order valence-electron chi connectivity index (χ3n) is 2.76. The second-order valence-corrected chi connectivity index (χ2v) is 5.97. The van der Waals surface area contributed by atoms with Gasteiger partial charge in [0.2, 0.25) is 10.0 Å². The van der Waals surface area contributed by atoms with Gasteiger partial charge >= 0.3 is 0 Å². The van der Waals surface area contributed by atoms with E-state index in [1.165, 1.54) is 25.3 Å². The molecule has 1 rings (SSSR count). The van der Waals surface area contributed by atoms with Crippen LogP contribution in [-0.2, 0) is 10.0 Å². The highest BCUT2D eigenvalue weighted by Crippen LogP contribution is 2.21. The van der Waals surface area contributed by atoms with E-state index in [2.05, 4.69) is 17.6 Å². The molecule has 0 aliphatic heterocycles. The maximum atomic E-state index is 12.1. The van der Waals surface area contributed by atoms with E-state index in [0.29, 0.717) is 18.8 Å². The molecule has 1 amide bonds. The van der Waals surface area contributed by atoms with E-state index in [1.807, 2.05) is 0 Å². The van der Waals surface area contributed by atoms with Gasteiger partial charge in [0.15, 0.2) is 0 Å². The summed E-state index contributed by atoms with van der Waals surface area (Å²) < 4.78 is 27.7. The fourth-order valence-electron chi connectivity index (χ4n) is 1.70. The van der Waals surface area contributed by atoms with E-state index in [4.69, 9.17) is 9.88 Å². The molecular weight excluding hydrogens is 294 g/mol. The zero-order chi connectivity index (χ0) is 15.9. The molecule has 0 atom stereocenters. The highest BCUT2D eigenvalue weighted by Gasteiger charge is 2.16. The lowest BCUT2D eigenvalue weighted by Gasteiger charge is -2.11. The number of rotatable bonds is 8. The Kier molecular flexibility index (Phi) is 6.60. The van der Waals surface area contributed by atoms with Crippen LogP contribution in [0.25, 0.3) is 0 Å². The van der Waals surface area contributed by atoms with Crippen molar-refractivity contribution in [3.05, 3.63) is 23.8 Å². The normalized spacial score (nSPS) is 11.2. The lowest BCUT2D eigenvalue weighted by molar-refractivity contribution is 0.0950. The van der Waals surface area contributed by atoms with Gasteiger partial charge in [-0.15, -0.1) is 0 Å². The molecule has 0 spiro atoms. The highest BCUT2D eigenvalue weighted by molar-refractivity contribution is 7.89.